The van der Waals surface area contributed by atoms with Crippen molar-refractivity contribution in [3.05, 3.63) is 41.7 Å². The second kappa shape index (κ2) is 8.19. The molecule has 3 heterocycles. The Morgan fingerprint density at radius 3 is 2.50 bits per heavy atom. The summed E-state index contributed by atoms with van der Waals surface area (Å²) in [5.41, 5.74) is 1.02. The van der Waals surface area contributed by atoms with Crippen LogP contribution in [-0.4, -0.2) is 43.6 Å². The number of aryl methyl sites for hydroxylation is 1. The Hall–Kier alpha value is -2.73. The molecule has 0 unspecified atom stereocenters. The number of amides is 1. The van der Waals surface area contributed by atoms with Crippen LogP contribution in [0, 0.1) is 12.8 Å². The fourth-order valence-corrected chi connectivity index (χ4v) is 3.74. The second-order valence-electron chi connectivity index (χ2n) is 7.07. The topological polar surface area (TPSA) is 118 Å². The number of pyridine rings is 2. The van der Waals surface area contributed by atoms with Crippen LogP contribution >= 0.6 is 0 Å². The lowest BCUT2D eigenvalue weighted by molar-refractivity contribution is -0.179. The molecule has 0 aliphatic carbocycles. The highest BCUT2D eigenvalue weighted by atomic mass is 32.2. The molecule has 12 heteroatoms. The summed E-state index contributed by atoms with van der Waals surface area (Å²) in [5.74, 6) is -1.67. The zero-order chi connectivity index (χ0) is 22.1. The molecule has 8 nitrogen and oxygen atoms in total. The van der Waals surface area contributed by atoms with E-state index in [1.54, 1.807) is 17.9 Å². The molecule has 0 atom stereocenters. The number of carbonyl (C=O) groups is 1. The SMILES string of the molecule is Cc1cnc(N2CCC(C(F)(F)F)CC2)c(C(=O)Nc2ccnc(S(N)(=O)=O)c2)c1. The van der Waals surface area contributed by atoms with Gasteiger partial charge in [0.1, 0.15) is 5.82 Å². The Kier molecular flexibility index (Phi) is 5.99. The second-order valence-corrected chi connectivity index (χ2v) is 8.58. The van der Waals surface area contributed by atoms with E-state index in [9.17, 15) is 26.4 Å². The molecule has 0 radical (unpaired) electrons. The van der Waals surface area contributed by atoms with E-state index in [1.807, 2.05) is 0 Å². The minimum atomic E-state index is -4.24. The van der Waals surface area contributed by atoms with Gasteiger partial charge in [-0.2, -0.15) is 13.2 Å². The maximum atomic E-state index is 12.9. The van der Waals surface area contributed by atoms with Gasteiger partial charge in [0.2, 0.25) is 0 Å². The smallest absolute Gasteiger partial charge is 0.356 e. The monoisotopic (exact) mass is 443 g/mol. The molecule has 0 spiro atoms. The van der Waals surface area contributed by atoms with Gasteiger partial charge in [-0.15, -0.1) is 0 Å². The summed E-state index contributed by atoms with van der Waals surface area (Å²) in [7, 11) is -4.05. The van der Waals surface area contributed by atoms with Crippen LogP contribution in [0.1, 0.15) is 28.8 Å². The predicted molar refractivity (Wildman–Crippen MR) is 104 cm³/mol. The number of piperidine rings is 1. The molecule has 1 aliphatic rings. The summed E-state index contributed by atoms with van der Waals surface area (Å²) in [4.78, 5) is 22.4. The van der Waals surface area contributed by atoms with Crippen LogP contribution < -0.4 is 15.4 Å². The Balaban J connectivity index is 1.83. The normalized spacial score (nSPS) is 15.8. The molecule has 3 N–H and O–H groups in total. The van der Waals surface area contributed by atoms with Gasteiger partial charge < -0.3 is 10.2 Å². The maximum Gasteiger partial charge on any atom is 0.391 e. The first-order valence-corrected chi connectivity index (χ1v) is 10.6. The van der Waals surface area contributed by atoms with E-state index in [0.717, 1.165) is 6.07 Å². The third-order valence-corrected chi connectivity index (χ3v) is 5.60. The molecule has 1 fully saturated rings. The number of alkyl halides is 3. The first-order valence-electron chi connectivity index (χ1n) is 9.03. The Morgan fingerprint density at radius 2 is 1.90 bits per heavy atom. The van der Waals surface area contributed by atoms with E-state index in [1.165, 1.54) is 18.5 Å². The number of primary sulfonamides is 1. The Labute approximate surface area is 171 Å². The van der Waals surface area contributed by atoms with Crippen LogP contribution in [0.5, 0.6) is 0 Å². The number of halogens is 3. The van der Waals surface area contributed by atoms with Gasteiger partial charge in [-0.3, -0.25) is 4.79 Å². The van der Waals surface area contributed by atoms with Gasteiger partial charge in [0.15, 0.2) is 5.03 Å². The zero-order valence-corrected chi connectivity index (χ0v) is 16.8. The van der Waals surface area contributed by atoms with Crippen molar-refractivity contribution >= 4 is 27.4 Å². The minimum Gasteiger partial charge on any atom is -0.356 e. The quantitative estimate of drug-likeness (QED) is 0.750. The third kappa shape index (κ3) is 5.05. The van der Waals surface area contributed by atoms with E-state index in [0.29, 0.717) is 5.56 Å². The highest BCUT2D eigenvalue weighted by Gasteiger charge is 2.41. The molecule has 0 saturated carbocycles. The van der Waals surface area contributed by atoms with Crippen LogP contribution in [0.15, 0.2) is 35.6 Å². The van der Waals surface area contributed by atoms with Crippen LogP contribution in [0.3, 0.4) is 0 Å². The number of rotatable bonds is 4. The van der Waals surface area contributed by atoms with Gasteiger partial charge in [0.25, 0.3) is 15.9 Å². The molecule has 0 bridgehead atoms. The van der Waals surface area contributed by atoms with Gasteiger partial charge in [-0.25, -0.2) is 23.5 Å². The highest BCUT2D eigenvalue weighted by Crippen LogP contribution is 2.35. The molecule has 3 rings (SSSR count). The van der Waals surface area contributed by atoms with Gasteiger partial charge in [0.05, 0.1) is 11.5 Å². The number of sulfonamides is 1. The van der Waals surface area contributed by atoms with Crippen molar-refractivity contribution in [2.45, 2.75) is 31.0 Å². The summed E-state index contributed by atoms with van der Waals surface area (Å²) in [6.07, 6.45) is -1.68. The molecule has 2 aromatic rings. The lowest BCUT2D eigenvalue weighted by Crippen LogP contribution is -2.40. The first-order chi connectivity index (χ1) is 13.9. The summed E-state index contributed by atoms with van der Waals surface area (Å²) >= 11 is 0. The number of carbonyl (C=O) groups excluding carboxylic acids is 1. The number of anilines is 2. The Morgan fingerprint density at radius 1 is 1.23 bits per heavy atom. The van der Waals surface area contributed by atoms with E-state index < -0.39 is 33.1 Å². The summed E-state index contributed by atoms with van der Waals surface area (Å²) in [5, 5.41) is 7.21. The van der Waals surface area contributed by atoms with Crippen LogP contribution in [-0.2, 0) is 10.0 Å². The van der Waals surface area contributed by atoms with Crippen molar-refractivity contribution in [3.8, 4) is 0 Å². The van der Waals surface area contributed by atoms with Crippen LogP contribution in [0.4, 0.5) is 24.7 Å². The molecular formula is C18H20F3N5O3S. The number of hydrogen-bond donors (Lipinski definition) is 2. The van der Waals surface area contributed by atoms with Gasteiger partial charge in [-0.1, -0.05) is 0 Å². The Bertz CT molecular complexity index is 1050. The van der Waals surface area contributed by atoms with Crippen LogP contribution in [0.2, 0.25) is 0 Å². The fourth-order valence-electron chi connectivity index (χ4n) is 3.24. The minimum absolute atomic E-state index is 0.0812. The molecule has 1 saturated heterocycles. The van der Waals surface area contributed by atoms with Gasteiger partial charge in [-0.05, 0) is 37.5 Å². The third-order valence-electron chi connectivity index (χ3n) is 4.79. The molecule has 2 aromatic heterocycles. The largest absolute Gasteiger partial charge is 0.391 e. The van der Waals surface area contributed by atoms with Crippen molar-refractivity contribution in [1.29, 1.82) is 0 Å². The number of nitrogens with zero attached hydrogens (tertiary/aromatic N) is 3. The van der Waals surface area contributed by atoms with Crippen molar-refractivity contribution in [1.82, 2.24) is 9.97 Å². The molecule has 1 amide bonds. The molecule has 30 heavy (non-hydrogen) atoms. The van der Waals surface area contributed by atoms with Crippen molar-refractivity contribution < 1.29 is 26.4 Å². The summed E-state index contributed by atoms with van der Waals surface area (Å²) < 4.78 is 61.7. The van der Waals surface area contributed by atoms with E-state index in [2.05, 4.69) is 15.3 Å². The molecular weight excluding hydrogens is 423 g/mol. The van der Waals surface area contributed by atoms with E-state index >= 15 is 0 Å². The van der Waals surface area contributed by atoms with E-state index in [-0.39, 0.29) is 43.0 Å². The van der Waals surface area contributed by atoms with Gasteiger partial charge in [0, 0.05) is 37.2 Å². The summed E-state index contributed by atoms with van der Waals surface area (Å²) in [6, 6.07) is 4.09. The average molecular weight is 443 g/mol. The fraction of sp³-hybridized carbons (Fsp3) is 0.389. The van der Waals surface area contributed by atoms with E-state index in [4.69, 9.17) is 5.14 Å². The summed E-state index contributed by atoms with van der Waals surface area (Å²) in [6.45, 7) is 1.96. The lowest BCUT2D eigenvalue weighted by atomic mass is 9.96. The van der Waals surface area contributed by atoms with Crippen molar-refractivity contribution in [2.75, 3.05) is 23.3 Å². The van der Waals surface area contributed by atoms with Crippen molar-refractivity contribution in [2.24, 2.45) is 11.1 Å². The molecule has 0 aromatic carbocycles. The van der Waals surface area contributed by atoms with Gasteiger partial charge >= 0.3 is 6.18 Å². The number of hydrogen-bond acceptors (Lipinski definition) is 6. The highest BCUT2D eigenvalue weighted by molar-refractivity contribution is 7.89. The van der Waals surface area contributed by atoms with Crippen LogP contribution in [0.25, 0.3) is 0 Å². The first kappa shape index (κ1) is 22.0. The predicted octanol–water partition coefficient (Wildman–Crippen LogP) is 2.46. The molecule has 1 aliphatic heterocycles. The molecule has 162 valence electrons. The number of aromatic nitrogens is 2. The lowest BCUT2D eigenvalue weighted by Gasteiger charge is -2.34. The number of nitrogens with one attached hydrogen (secondary N) is 1. The number of nitrogens with two attached hydrogens (primary N) is 1. The standard InChI is InChI=1S/C18H20F3N5O3S/c1-11-8-14(17(27)25-13-2-5-23-15(9-13)30(22,28)29)16(24-10-11)26-6-3-12(4-7-26)18(19,20)21/h2,5,8-10,12H,3-4,6-7H2,1H3,(H2,22,28,29)(H,23,25,27). The zero-order valence-electron chi connectivity index (χ0n) is 16.0. The maximum absolute atomic E-state index is 12.9. The van der Waals surface area contributed by atoms with Crippen molar-refractivity contribution in [3.63, 3.8) is 0 Å². The average Bonchev–Trinajstić information content (AvgIpc) is 2.67.